The van der Waals surface area contributed by atoms with Crippen LogP contribution in [0.15, 0.2) is 29.4 Å². The maximum Gasteiger partial charge on any atom is 0.234 e. The number of hydrogen-bond donors (Lipinski definition) is 2. The minimum atomic E-state index is -0.226. The van der Waals surface area contributed by atoms with Crippen molar-refractivity contribution < 1.29 is 9.59 Å². The van der Waals surface area contributed by atoms with Gasteiger partial charge < -0.3 is 11.2 Å². The van der Waals surface area contributed by atoms with Crippen molar-refractivity contribution in [3.8, 4) is 0 Å². The topological polar surface area (TPSA) is 103 Å². The van der Waals surface area contributed by atoms with Gasteiger partial charge in [-0.15, -0.1) is 10.2 Å². The van der Waals surface area contributed by atoms with E-state index in [1.54, 1.807) is 24.3 Å². The minimum absolute atomic E-state index is 0.0496. The highest BCUT2D eigenvalue weighted by atomic mass is 32.2. The van der Waals surface area contributed by atoms with Gasteiger partial charge in [0, 0.05) is 16.7 Å². The molecule has 0 atom stereocenters. The first-order valence-electron chi connectivity index (χ1n) is 7.43. The van der Waals surface area contributed by atoms with Crippen LogP contribution in [-0.2, 0) is 10.2 Å². The molecule has 3 N–H and O–H groups in total. The largest absolute Gasteiger partial charge is 0.336 e. The van der Waals surface area contributed by atoms with Gasteiger partial charge in [0.1, 0.15) is 0 Å². The first kappa shape index (κ1) is 18.0. The van der Waals surface area contributed by atoms with Gasteiger partial charge in [-0.1, -0.05) is 44.7 Å². The highest BCUT2D eigenvalue weighted by molar-refractivity contribution is 7.99. The normalized spacial score (nSPS) is 11.3. The summed E-state index contributed by atoms with van der Waals surface area (Å²) in [4.78, 5) is 23.4. The van der Waals surface area contributed by atoms with Gasteiger partial charge in [0.05, 0.1) is 5.75 Å². The molecule has 1 amide bonds. The Morgan fingerprint density at radius 1 is 1.29 bits per heavy atom. The van der Waals surface area contributed by atoms with Crippen molar-refractivity contribution in [2.45, 2.75) is 38.3 Å². The summed E-state index contributed by atoms with van der Waals surface area (Å²) in [6, 6.07) is 6.81. The average Bonchev–Trinajstić information content (AvgIpc) is 2.86. The van der Waals surface area contributed by atoms with Gasteiger partial charge in [-0.2, -0.15) is 0 Å². The molecule has 0 fully saturated rings. The smallest absolute Gasteiger partial charge is 0.234 e. The molecule has 8 heteroatoms. The Bertz CT molecular complexity index is 764. The summed E-state index contributed by atoms with van der Waals surface area (Å²) in [5, 5.41) is 11.3. The van der Waals surface area contributed by atoms with Crippen molar-refractivity contribution >= 4 is 29.1 Å². The number of benzene rings is 1. The number of aromatic nitrogens is 3. The van der Waals surface area contributed by atoms with Gasteiger partial charge in [-0.05, 0) is 19.1 Å². The fourth-order valence-corrected chi connectivity index (χ4v) is 2.69. The van der Waals surface area contributed by atoms with Gasteiger partial charge in [0.15, 0.2) is 11.6 Å². The second-order valence-electron chi connectivity index (χ2n) is 6.40. The molecule has 1 heterocycles. The lowest BCUT2D eigenvalue weighted by atomic mass is 9.96. The van der Waals surface area contributed by atoms with Crippen molar-refractivity contribution in [2.75, 3.05) is 16.9 Å². The summed E-state index contributed by atoms with van der Waals surface area (Å²) in [6.07, 6.45) is 0. The lowest BCUT2D eigenvalue weighted by Crippen LogP contribution is -2.24. The summed E-state index contributed by atoms with van der Waals surface area (Å²) in [5.74, 6) is 6.52. The quantitative estimate of drug-likeness (QED) is 0.488. The van der Waals surface area contributed by atoms with Crippen molar-refractivity contribution in [1.82, 2.24) is 14.9 Å². The Morgan fingerprint density at radius 3 is 2.58 bits per heavy atom. The molecule has 0 saturated carbocycles. The molecule has 0 radical (unpaired) electrons. The van der Waals surface area contributed by atoms with Crippen molar-refractivity contribution in [3.63, 3.8) is 0 Å². The molecule has 128 valence electrons. The maximum atomic E-state index is 12.1. The number of nitrogens with one attached hydrogen (secondary N) is 1. The number of nitrogens with zero attached hydrogens (tertiary/aromatic N) is 3. The van der Waals surface area contributed by atoms with Crippen LogP contribution in [0.2, 0.25) is 0 Å². The van der Waals surface area contributed by atoms with E-state index in [2.05, 4.69) is 15.5 Å². The van der Waals surface area contributed by atoms with Gasteiger partial charge in [0.2, 0.25) is 11.1 Å². The number of Topliss-reactive ketones (excluding diaryl/α,β-unsaturated/α-hetero) is 1. The van der Waals surface area contributed by atoms with E-state index < -0.39 is 0 Å². The summed E-state index contributed by atoms with van der Waals surface area (Å²) in [6.45, 7) is 7.45. The van der Waals surface area contributed by atoms with Crippen LogP contribution in [0.25, 0.3) is 0 Å². The summed E-state index contributed by atoms with van der Waals surface area (Å²) in [5.41, 5.74) is 0.908. The third-order valence-electron chi connectivity index (χ3n) is 3.22. The standard InChI is InChI=1S/C16H21N5O2S/c1-10(22)11-6-5-7-12(8-11)18-13(23)9-24-15-20-19-14(21(15)17)16(2,3)4/h5-8H,9,17H2,1-4H3,(H,18,23). The first-order valence-corrected chi connectivity index (χ1v) is 8.41. The number of anilines is 1. The molecular weight excluding hydrogens is 326 g/mol. The third kappa shape index (κ3) is 4.35. The zero-order chi connectivity index (χ0) is 17.9. The molecule has 24 heavy (non-hydrogen) atoms. The predicted molar refractivity (Wildman–Crippen MR) is 94.7 cm³/mol. The van der Waals surface area contributed by atoms with Crippen LogP contribution in [0.5, 0.6) is 0 Å². The van der Waals surface area contributed by atoms with E-state index in [0.717, 1.165) is 0 Å². The number of carbonyl (C=O) groups excluding carboxylic acids is 2. The van der Waals surface area contributed by atoms with Crippen LogP contribution >= 0.6 is 11.8 Å². The summed E-state index contributed by atoms with van der Waals surface area (Å²) in [7, 11) is 0. The molecule has 2 rings (SSSR count). The molecule has 2 aromatic rings. The second kappa shape index (κ2) is 7.04. The van der Waals surface area contributed by atoms with E-state index in [0.29, 0.717) is 22.2 Å². The molecule has 0 bridgehead atoms. The highest BCUT2D eigenvalue weighted by Crippen LogP contribution is 2.23. The minimum Gasteiger partial charge on any atom is -0.336 e. The first-order chi connectivity index (χ1) is 11.2. The number of carbonyl (C=O) groups is 2. The maximum absolute atomic E-state index is 12.1. The number of thioether (sulfide) groups is 1. The number of nitrogen functional groups attached to an aromatic ring is 1. The molecule has 0 aliphatic carbocycles. The highest BCUT2D eigenvalue weighted by Gasteiger charge is 2.23. The van der Waals surface area contributed by atoms with E-state index in [1.807, 2.05) is 20.8 Å². The van der Waals surface area contributed by atoms with Crippen LogP contribution < -0.4 is 11.2 Å². The molecular formula is C16H21N5O2S. The molecule has 7 nitrogen and oxygen atoms in total. The molecule has 0 spiro atoms. The van der Waals surface area contributed by atoms with Crippen LogP contribution in [0.4, 0.5) is 5.69 Å². The van der Waals surface area contributed by atoms with E-state index in [1.165, 1.54) is 23.4 Å². The molecule has 0 aliphatic rings. The molecule has 0 unspecified atom stereocenters. The molecule has 0 saturated heterocycles. The monoisotopic (exact) mass is 347 g/mol. The van der Waals surface area contributed by atoms with Gasteiger partial charge >= 0.3 is 0 Å². The number of rotatable bonds is 5. The molecule has 0 aliphatic heterocycles. The Labute approximate surface area is 145 Å². The van der Waals surface area contributed by atoms with Crippen molar-refractivity contribution in [1.29, 1.82) is 0 Å². The van der Waals surface area contributed by atoms with Gasteiger partial charge in [0.25, 0.3) is 0 Å². The van der Waals surface area contributed by atoms with Crippen LogP contribution in [0.3, 0.4) is 0 Å². The number of hydrogen-bond acceptors (Lipinski definition) is 6. The Kier molecular flexibility index (Phi) is 5.28. The average molecular weight is 347 g/mol. The Balaban J connectivity index is 1.98. The third-order valence-corrected chi connectivity index (χ3v) is 4.16. The fraction of sp³-hybridized carbons (Fsp3) is 0.375. The van der Waals surface area contributed by atoms with E-state index >= 15 is 0 Å². The van der Waals surface area contributed by atoms with Gasteiger partial charge in [-0.3, -0.25) is 9.59 Å². The Morgan fingerprint density at radius 2 is 2.00 bits per heavy atom. The zero-order valence-corrected chi connectivity index (χ0v) is 15.0. The van der Waals surface area contributed by atoms with E-state index in [4.69, 9.17) is 5.84 Å². The van der Waals surface area contributed by atoms with E-state index in [-0.39, 0.29) is 22.9 Å². The predicted octanol–water partition coefficient (Wildman–Crippen LogP) is 2.22. The molecule has 1 aromatic heterocycles. The van der Waals surface area contributed by atoms with Crippen LogP contribution in [0, 0.1) is 0 Å². The van der Waals surface area contributed by atoms with Crippen molar-refractivity contribution in [3.05, 3.63) is 35.7 Å². The van der Waals surface area contributed by atoms with Gasteiger partial charge in [-0.25, -0.2) is 4.68 Å². The number of ketones is 1. The number of nitrogens with two attached hydrogens (primary N) is 1. The van der Waals surface area contributed by atoms with Crippen LogP contribution in [0.1, 0.15) is 43.9 Å². The fourth-order valence-electron chi connectivity index (χ4n) is 2.03. The second-order valence-corrected chi connectivity index (χ2v) is 7.34. The SMILES string of the molecule is CC(=O)c1cccc(NC(=O)CSc2nnc(C(C)(C)C)n2N)c1. The summed E-state index contributed by atoms with van der Waals surface area (Å²) < 4.78 is 1.41. The molecule has 1 aromatic carbocycles. The summed E-state index contributed by atoms with van der Waals surface area (Å²) >= 11 is 1.21. The van der Waals surface area contributed by atoms with Crippen LogP contribution in [-0.4, -0.2) is 32.3 Å². The lowest BCUT2D eigenvalue weighted by Gasteiger charge is -2.16. The lowest BCUT2D eigenvalue weighted by molar-refractivity contribution is -0.113. The van der Waals surface area contributed by atoms with E-state index in [9.17, 15) is 9.59 Å². The number of amides is 1. The zero-order valence-electron chi connectivity index (χ0n) is 14.2. The van der Waals surface area contributed by atoms with Crippen molar-refractivity contribution in [2.24, 2.45) is 0 Å². The Hall–Kier alpha value is -2.35.